The first kappa shape index (κ1) is 14.7. The average Bonchev–Trinajstić information content (AvgIpc) is 2.72. The van der Waals surface area contributed by atoms with Crippen molar-refractivity contribution in [2.24, 2.45) is 0 Å². The van der Waals surface area contributed by atoms with Gasteiger partial charge in [-0.25, -0.2) is 13.2 Å². The molecule has 1 unspecified atom stereocenters. The third-order valence-corrected chi connectivity index (χ3v) is 3.20. The Labute approximate surface area is 115 Å². The predicted octanol–water partition coefficient (Wildman–Crippen LogP) is 4.16. The van der Waals surface area contributed by atoms with Crippen molar-refractivity contribution in [1.29, 1.82) is 0 Å². The van der Waals surface area contributed by atoms with E-state index in [1.165, 1.54) is 0 Å². The first-order valence-corrected chi connectivity index (χ1v) is 6.32. The van der Waals surface area contributed by atoms with Crippen LogP contribution in [0.15, 0.2) is 22.6 Å². The Bertz CT molecular complexity index is 599. The standard InChI is InChI=1S/C15H16F3NO/c1-8-4-12(10(3)20-8)9(2)19-7-11-5-13(16)15(18)14(17)6-11/h4-6,9,19H,7H2,1-3H3. The second kappa shape index (κ2) is 5.71. The molecule has 2 aromatic rings. The van der Waals surface area contributed by atoms with Gasteiger partial charge >= 0.3 is 0 Å². The van der Waals surface area contributed by atoms with Gasteiger partial charge in [0.1, 0.15) is 11.5 Å². The predicted molar refractivity (Wildman–Crippen MR) is 69.8 cm³/mol. The van der Waals surface area contributed by atoms with Gasteiger partial charge in [-0.05, 0) is 44.5 Å². The van der Waals surface area contributed by atoms with E-state index < -0.39 is 17.5 Å². The molecule has 1 aromatic heterocycles. The van der Waals surface area contributed by atoms with E-state index in [0.29, 0.717) is 5.56 Å². The lowest BCUT2D eigenvalue weighted by atomic mass is 10.1. The van der Waals surface area contributed by atoms with Gasteiger partial charge in [-0.3, -0.25) is 0 Å². The Hall–Kier alpha value is -1.75. The molecule has 0 aliphatic carbocycles. The van der Waals surface area contributed by atoms with Crippen LogP contribution in [0.2, 0.25) is 0 Å². The summed E-state index contributed by atoms with van der Waals surface area (Å²) in [5.41, 5.74) is 1.34. The summed E-state index contributed by atoms with van der Waals surface area (Å²) in [6, 6.07) is 3.86. The zero-order valence-electron chi connectivity index (χ0n) is 11.6. The molecule has 5 heteroatoms. The molecule has 0 aliphatic heterocycles. The molecular formula is C15H16F3NO. The molecule has 1 aromatic carbocycles. The molecule has 1 atom stereocenters. The highest BCUT2D eigenvalue weighted by atomic mass is 19.2. The van der Waals surface area contributed by atoms with Crippen molar-refractivity contribution in [3.63, 3.8) is 0 Å². The largest absolute Gasteiger partial charge is 0.466 e. The van der Waals surface area contributed by atoms with E-state index in [2.05, 4.69) is 5.32 Å². The third-order valence-electron chi connectivity index (χ3n) is 3.20. The van der Waals surface area contributed by atoms with Crippen molar-refractivity contribution in [3.05, 3.63) is 58.3 Å². The highest BCUT2D eigenvalue weighted by Crippen LogP contribution is 2.22. The Morgan fingerprint density at radius 3 is 2.20 bits per heavy atom. The summed E-state index contributed by atoms with van der Waals surface area (Å²) in [7, 11) is 0. The van der Waals surface area contributed by atoms with Crippen LogP contribution in [0.25, 0.3) is 0 Å². The van der Waals surface area contributed by atoms with Crippen LogP contribution in [0.1, 0.15) is 35.6 Å². The smallest absolute Gasteiger partial charge is 0.194 e. The molecule has 1 heterocycles. The summed E-state index contributed by atoms with van der Waals surface area (Å²) in [6.45, 7) is 5.87. The molecule has 0 saturated carbocycles. The molecule has 2 rings (SSSR count). The number of aryl methyl sites for hydroxylation is 2. The monoisotopic (exact) mass is 283 g/mol. The molecular weight excluding hydrogens is 267 g/mol. The minimum absolute atomic E-state index is 0.0383. The second-order valence-electron chi connectivity index (χ2n) is 4.84. The number of nitrogens with one attached hydrogen (secondary N) is 1. The summed E-state index contributed by atoms with van der Waals surface area (Å²) in [6.07, 6.45) is 0. The molecule has 0 amide bonds. The van der Waals surface area contributed by atoms with E-state index in [9.17, 15) is 13.2 Å². The maximum Gasteiger partial charge on any atom is 0.194 e. The van der Waals surface area contributed by atoms with Crippen LogP contribution in [0.5, 0.6) is 0 Å². The first-order chi connectivity index (χ1) is 9.38. The van der Waals surface area contributed by atoms with E-state index in [4.69, 9.17) is 4.42 Å². The molecule has 0 fully saturated rings. The van der Waals surface area contributed by atoms with Gasteiger partial charge in [0.25, 0.3) is 0 Å². The molecule has 2 nitrogen and oxygen atoms in total. The van der Waals surface area contributed by atoms with Crippen molar-refractivity contribution in [1.82, 2.24) is 5.32 Å². The van der Waals surface area contributed by atoms with E-state index >= 15 is 0 Å². The lowest BCUT2D eigenvalue weighted by Gasteiger charge is -2.13. The summed E-state index contributed by atoms with van der Waals surface area (Å²) in [4.78, 5) is 0. The van der Waals surface area contributed by atoms with E-state index in [1.807, 2.05) is 26.8 Å². The lowest BCUT2D eigenvalue weighted by Crippen LogP contribution is -2.18. The highest BCUT2D eigenvalue weighted by molar-refractivity contribution is 5.24. The van der Waals surface area contributed by atoms with Gasteiger partial charge in [-0.1, -0.05) is 0 Å². The van der Waals surface area contributed by atoms with Crippen LogP contribution < -0.4 is 5.32 Å². The van der Waals surface area contributed by atoms with Gasteiger partial charge in [0.05, 0.1) is 0 Å². The molecule has 0 bridgehead atoms. The number of hydrogen-bond donors (Lipinski definition) is 1. The molecule has 0 saturated heterocycles. The average molecular weight is 283 g/mol. The third kappa shape index (κ3) is 3.04. The molecule has 0 spiro atoms. The number of rotatable bonds is 4. The van der Waals surface area contributed by atoms with Gasteiger partial charge in [0.15, 0.2) is 17.5 Å². The zero-order chi connectivity index (χ0) is 14.9. The normalized spacial score (nSPS) is 12.7. The summed E-state index contributed by atoms with van der Waals surface area (Å²) in [5, 5.41) is 3.13. The van der Waals surface area contributed by atoms with Crippen LogP contribution in [0.4, 0.5) is 13.2 Å². The molecule has 0 radical (unpaired) electrons. The van der Waals surface area contributed by atoms with Gasteiger partial charge < -0.3 is 9.73 Å². The van der Waals surface area contributed by atoms with Crippen molar-refractivity contribution in [3.8, 4) is 0 Å². The summed E-state index contributed by atoms with van der Waals surface area (Å²) < 4.78 is 44.5. The second-order valence-corrected chi connectivity index (χ2v) is 4.84. The van der Waals surface area contributed by atoms with E-state index in [0.717, 1.165) is 29.2 Å². The van der Waals surface area contributed by atoms with Gasteiger partial charge in [0.2, 0.25) is 0 Å². The number of halogens is 3. The van der Waals surface area contributed by atoms with Crippen LogP contribution in [0, 0.1) is 31.3 Å². The van der Waals surface area contributed by atoms with Gasteiger partial charge in [0, 0.05) is 18.2 Å². The topological polar surface area (TPSA) is 25.2 Å². The fourth-order valence-corrected chi connectivity index (χ4v) is 2.17. The van der Waals surface area contributed by atoms with Gasteiger partial charge in [-0.2, -0.15) is 0 Å². The van der Waals surface area contributed by atoms with Crippen molar-refractivity contribution >= 4 is 0 Å². The Balaban J connectivity index is 2.07. The Kier molecular flexibility index (Phi) is 4.18. The quantitative estimate of drug-likeness (QED) is 0.852. The zero-order valence-corrected chi connectivity index (χ0v) is 11.6. The summed E-state index contributed by atoms with van der Waals surface area (Å²) in [5.74, 6) is -2.18. The maximum absolute atomic E-state index is 13.1. The minimum Gasteiger partial charge on any atom is -0.466 e. The fraction of sp³-hybridized carbons (Fsp3) is 0.333. The number of benzene rings is 1. The molecule has 20 heavy (non-hydrogen) atoms. The van der Waals surface area contributed by atoms with Crippen molar-refractivity contribution in [2.75, 3.05) is 0 Å². The molecule has 108 valence electrons. The SMILES string of the molecule is Cc1cc(C(C)NCc2cc(F)c(F)c(F)c2)c(C)o1. The van der Waals surface area contributed by atoms with E-state index in [-0.39, 0.29) is 12.6 Å². The van der Waals surface area contributed by atoms with Crippen molar-refractivity contribution in [2.45, 2.75) is 33.4 Å². The van der Waals surface area contributed by atoms with E-state index in [1.54, 1.807) is 0 Å². The van der Waals surface area contributed by atoms with Crippen LogP contribution >= 0.6 is 0 Å². The number of hydrogen-bond acceptors (Lipinski definition) is 2. The molecule has 1 N–H and O–H groups in total. The Morgan fingerprint density at radius 1 is 1.10 bits per heavy atom. The Morgan fingerprint density at radius 2 is 1.70 bits per heavy atom. The summed E-state index contributed by atoms with van der Waals surface area (Å²) >= 11 is 0. The van der Waals surface area contributed by atoms with Crippen LogP contribution in [0.3, 0.4) is 0 Å². The fourth-order valence-electron chi connectivity index (χ4n) is 2.17. The van der Waals surface area contributed by atoms with Crippen molar-refractivity contribution < 1.29 is 17.6 Å². The maximum atomic E-state index is 13.1. The van der Waals surface area contributed by atoms with Crippen LogP contribution in [-0.4, -0.2) is 0 Å². The minimum atomic E-state index is -1.44. The highest BCUT2D eigenvalue weighted by Gasteiger charge is 2.14. The number of furan rings is 1. The van der Waals surface area contributed by atoms with Gasteiger partial charge in [-0.15, -0.1) is 0 Å². The van der Waals surface area contributed by atoms with Crippen LogP contribution in [-0.2, 0) is 6.54 Å². The molecule has 0 aliphatic rings. The lowest BCUT2D eigenvalue weighted by molar-refractivity contribution is 0.443. The first-order valence-electron chi connectivity index (χ1n) is 6.32.